The lowest BCUT2D eigenvalue weighted by Gasteiger charge is -2.23. The van der Waals surface area contributed by atoms with Crippen molar-refractivity contribution in [3.63, 3.8) is 0 Å². The number of hydrogen-bond donors (Lipinski definition) is 2. The molecule has 0 bridgehead atoms. The summed E-state index contributed by atoms with van der Waals surface area (Å²) in [5.74, 6) is 3.81. The van der Waals surface area contributed by atoms with E-state index in [-0.39, 0.29) is 17.4 Å². The highest BCUT2D eigenvalue weighted by Gasteiger charge is 2.21. The standard InChI is InChI=1S/C23H38N2O2S/c1-23(2,3)13-14-24-21(17-28-16-19-7-5-6-8-19)22(26)25-15-18-9-11-20(27-4)12-10-18/h9-12,19,21,24H,5-8,13-17H2,1-4H3,(H,25,26)/t21-/m0/s1. The van der Waals surface area contributed by atoms with Crippen LogP contribution in [0.2, 0.25) is 0 Å². The van der Waals surface area contributed by atoms with Gasteiger partial charge in [0, 0.05) is 12.3 Å². The molecule has 0 heterocycles. The Hall–Kier alpha value is -1.20. The molecule has 0 aromatic heterocycles. The lowest BCUT2D eigenvalue weighted by atomic mass is 9.92. The van der Waals surface area contributed by atoms with Gasteiger partial charge in [0.1, 0.15) is 5.75 Å². The van der Waals surface area contributed by atoms with Crippen LogP contribution in [0.4, 0.5) is 0 Å². The van der Waals surface area contributed by atoms with Crippen LogP contribution in [0.15, 0.2) is 24.3 Å². The number of nitrogens with one attached hydrogen (secondary N) is 2. The van der Waals surface area contributed by atoms with Gasteiger partial charge in [-0.3, -0.25) is 4.79 Å². The van der Waals surface area contributed by atoms with E-state index < -0.39 is 0 Å². The molecule has 2 N–H and O–H groups in total. The number of methoxy groups -OCH3 is 1. The largest absolute Gasteiger partial charge is 0.497 e. The number of hydrogen-bond acceptors (Lipinski definition) is 4. The van der Waals surface area contributed by atoms with Crippen LogP contribution in [0.5, 0.6) is 5.75 Å². The van der Waals surface area contributed by atoms with E-state index in [2.05, 4.69) is 31.4 Å². The first-order valence-corrected chi connectivity index (χ1v) is 11.7. The van der Waals surface area contributed by atoms with Crippen molar-refractivity contribution in [3.8, 4) is 5.75 Å². The normalized spacial score (nSPS) is 16.1. The predicted octanol–water partition coefficient (Wildman–Crippen LogP) is 4.63. The number of ether oxygens (including phenoxy) is 1. The van der Waals surface area contributed by atoms with E-state index >= 15 is 0 Å². The summed E-state index contributed by atoms with van der Waals surface area (Å²) in [6.07, 6.45) is 6.53. The summed E-state index contributed by atoms with van der Waals surface area (Å²) in [5.41, 5.74) is 1.36. The number of rotatable bonds is 11. The highest BCUT2D eigenvalue weighted by molar-refractivity contribution is 7.99. The second-order valence-electron chi connectivity index (χ2n) is 9.07. The zero-order valence-corrected chi connectivity index (χ0v) is 18.9. The first-order chi connectivity index (χ1) is 13.4. The van der Waals surface area contributed by atoms with E-state index in [1.54, 1.807) is 7.11 Å². The Morgan fingerprint density at radius 1 is 1.21 bits per heavy atom. The molecule has 1 aliphatic rings. The minimum Gasteiger partial charge on any atom is -0.497 e. The zero-order chi connectivity index (χ0) is 20.4. The Labute approximate surface area is 175 Å². The van der Waals surface area contributed by atoms with Gasteiger partial charge in [0.2, 0.25) is 5.91 Å². The molecule has 1 aromatic carbocycles. The third kappa shape index (κ3) is 8.87. The van der Waals surface area contributed by atoms with Gasteiger partial charge in [0.05, 0.1) is 13.2 Å². The van der Waals surface area contributed by atoms with Crippen LogP contribution >= 0.6 is 11.8 Å². The molecular weight excluding hydrogens is 368 g/mol. The van der Waals surface area contributed by atoms with E-state index in [9.17, 15) is 4.79 Å². The summed E-state index contributed by atoms with van der Waals surface area (Å²) in [5, 5.41) is 6.61. The van der Waals surface area contributed by atoms with Crippen molar-refractivity contribution < 1.29 is 9.53 Å². The van der Waals surface area contributed by atoms with E-state index in [0.29, 0.717) is 6.54 Å². The molecule has 1 fully saturated rings. The quantitative estimate of drug-likeness (QED) is 0.563. The molecule has 1 aromatic rings. The van der Waals surface area contributed by atoms with Crippen molar-refractivity contribution in [1.29, 1.82) is 0 Å². The maximum atomic E-state index is 12.8. The van der Waals surface area contributed by atoms with Crippen LogP contribution in [0.1, 0.15) is 58.4 Å². The maximum Gasteiger partial charge on any atom is 0.238 e. The average molecular weight is 407 g/mol. The van der Waals surface area contributed by atoms with Gasteiger partial charge >= 0.3 is 0 Å². The van der Waals surface area contributed by atoms with Crippen molar-refractivity contribution in [3.05, 3.63) is 29.8 Å². The SMILES string of the molecule is COc1ccc(CNC(=O)[C@H](CSCC2CCCC2)NCCC(C)(C)C)cc1. The minimum absolute atomic E-state index is 0.101. The molecule has 158 valence electrons. The van der Waals surface area contributed by atoms with Crippen molar-refractivity contribution in [2.45, 2.75) is 65.5 Å². The first kappa shape index (κ1) is 23.1. The fourth-order valence-electron chi connectivity index (χ4n) is 3.43. The van der Waals surface area contributed by atoms with Gasteiger partial charge in [0.15, 0.2) is 0 Å². The van der Waals surface area contributed by atoms with Gasteiger partial charge in [-0.1, -0.05) is 45.7 Å². The number of benzene rings is 1. The topological polar surface area (TPSA) is 50.4 Å². The van der Waals surface area contributed by atoms with Gasteiger partial charge in [-0.15, -0.1) is 0 Å². The fraction of sp³-hybridized carbons (Fsp3) is 0.696. The van der Waals surface area contributed by atoms with E-state index in [1.807, 2.05) is 36.0 Å². The molecular formula is C23H38N2O2S. The number of amides is 1. The lowest BCUT2D eigenvalue weighted by molar-refractivity contribution is -0.122. The third-order valence-electron chi connectivity index (χ3n) is 5.32. The Kier molecular flexibility index (Phi) is 9.66. The number of thioether (sulfide) groups is 1. The second kappa shape index (κ2) is 11.7. The second-order valence-corrected chi connectivity index (χ2v) is 10.1. The first-order valence-electron chi connectivity index (χ1n) is 10.6. The minimum atomic E-state index is -0.132. The van der Waals surface area contributed by atoms with Crippen LogP contribution in [0.25, 0.3) is 0 Å². The lowest BCUT2D eigenvalue weighted by Crippen LogP contribution is -2.46. The monoisotopic (exact) mass is 406 g/mol. The van der Waals surface area contributed by atoms with Gasteiger partial charge in [-0.25, -0.2) is 0 Å². The van der Waals surface area contributed by atoms with Crippen LogP contribution in [-0.2, 0) is 11.3 Å². The van der Waals surface area contributed by atoms with Crippen molar-refractivity contribution in [2.24, 2.45) is 11.3 Å². The van der Waals surface area contributed by atoms with Crippen LogP contribution in [-0.4, -0.2) is 37.1 Å². The molecule has 0 radical (unpaired) electrons. The summed E-state index contributed by atoms with van der Waals surface area (Å²) in [6.45, 7) is 8.13. The maximum absolute atomic E-state index is 12.8. The highest BCUT2D eigenvalue weighted by Crippen LogP contribution is 2.28. The van der Waals surface area contributed by atoms with Crippen molar-refractivity contribution in [1.82, 2.24) is 10.6 Å². The molecule has 1 saturated carbocycles. The van der Waals surface area contributed by atoms with Gasteiger partial charge in [0.25, 0.3) is 0 Å². The Balaban J connectivity index is 1.82. The van der Waals surface area contributed by atoms with Gasteiger partial charge in [-0.05, 0) is 60.6 Å². The summed E-state index contributed by atoms with van der Waals surface area (Å²) in [4.78, 5) is 12.8. The molecule has 1 atom stereocenters. The van der Waals surface area contributed by atoms with Crippen LogP contribution in [0, 0.1) is 11.3 Å². The molecule has 1 amide bonds. The van der Waals surface area contributed by atoms with E-state index in [1.165, 1.54) is 31.4 Å². The number of carbonyl (C=O) groups excluding carboxylic acids is 1. The summed E-state index contributed by atoms with van der Waals surface area (Å²) < 4.78 is 5.19. The summed E-state index contributed by atoms with van der Waals surface area (Å²) >= 11 is 1.93. The molecule has 2 rings (SSSR count). The molecule has 0 saturated heterocycles. The third-order valence-corrected chi connectivity index (χ3v) is 6.60. The summed E-state index contributed by atoms with van der Waals surface area (Å²) in [7, 11) is 1.66. The van der Waals surface area contributed by atoms with E-state index in [4.69, 9.17) is 4.74 Å². The Morgan fingerprint density at radius 3 is 2.50 bits per heavy atom. The van der Waals surface area contributed by atoms with Crippen molar-refractivity contribution in [2.75, 3.05) is 25.2 Å². The van der Waals surface area contributed by atoms with Gasteiger partial charge in [-0.2, -0.15) is 11.8 Å². The molecule has 0 spiro atoms. The Morgan fingerprint density at radius 2 is 1.89 bits per heavy atom. The van der Waals surface area contributed by atoms with Crippen LogP contribution in [0.3, 0.4) is 0 Å². The zero-order valence-electron chi connectivity index (χ0n) is 18.1. The predicted molar refractivity (Wildman–Crippen MR) is 120 cm³/mol. The van der Waals surface area contributed by atoms with Crippen molar-refractivity contribution >= 4 is 17.7 Å². The molecule has 4 nitrogen and oxygen atoms in total. The Bertz CT molecular complexity index is 577. The molecule has 28 heavy (non-hydrogen) atoms. The highest BCUT2D eigenvalue weighted by atomic mass is 32.2. The smallest absolute Gasteiger partial charge is 0.238 e. The molecule has 0 aliphatic heterocycles. The van der Waals surface area contributed by atoms with Crippen LogP contribution < -0.4 is 15.4 Å². The van der Waals surface area contributed by atoms with Gasteiger partial charge < -0.3 is 15.4 Å². The summed E-state index contributed by atoms with van der Waals surface area (Å²) in [6, 6.07) is 7.72. The fourth-order valence-corrected chi connectivity index (χ4v) is 4.74. The molecule has 0 unspecified atom stereocenters. The molecule has 5 heteroatoms. The molecule has 1 aliphatic carbocycles. The van der Waals surface area contributed by atoms with E-state index in [0.717, 1.165) is 35.9 Å². The average Bonchev–Trinajstić information content (AvgIpc) is 3.18. The number of carbonyl (C=O) groups is 1.